The van der Waals surface area contributed by atoms with Gasteiger partial charge in [-0.3, -0.25) is 0 Å². The number of hydrogen-bond donors (Lipinski definition) is 2. The van der Waals surface area contributed by atoms with Crippen molar-refractivity contribution in [2.75, 3.05) is 13.2 Å². The van der Waals surface area contributed by atoms with E-state index in [1.807, 2.05) is 18.2 Å². The topological polar surface area (TPSA) is 45.4 Å². The normalized spacial score (nSPS) is 12.6. The quantitative estimate of drug-likeness (QED) is 0.820. The fourth-order valence-corrected chi connectivity index (χ4v) is 2.26. The summed E-state index contributed by atoms with van der Waals surface area (Å²) in [5.41, 5.74) is 1.39. The predicted molar refractivity (Wildman–Crippen MR) is 81.4 cm³/mol. The van der Waals surface area contributed by atoms with Crippen molar-refractivity contribution in [2.45, 2.75) is 26.8 Å². The Labute approximate surface area is 124 Å². The summed E-state index contributed by atoms with van der Waals surface area (Å²) in [6, 6.07) is 8.78. The molecule has 4 heteroatoms. The first-order valence-electron chi connectivity index (χ1n) is 7.27. The Morgan fingerprint density at radius 3 is 2.86 bits per heavy atom. The average molecular weight is 291 g/mol. The number of aliphatic hydroxyl groups is 1. The Morgan fingerprint density at radius 2 is 2.10 bits per heavy atom. The smallest absolute Gasteiger partial charge is 0.134 e. The maximum absolute atomic E-state index is 13.6. The molecule has 0 aliphatic carbocycles. The van der Waals surface area contributed by atoms with Gasteiger partial charge in [-0.05, 0) is 49.6 Å². The largest absolute Gasteiger partial charge is 0.460 e. The van der Waals surface area contributed by atoms with Crippen LogP contribution in [0.5, 0.6) is 0 Å². The number of rotatable bonds is 7. The summed E-state index contributed by atoms with van der Waals surface area (Å²) in [6.07, 6.45) is 0.791. The molecule has 114 valence electrons. The Hall–Kier alpha value is -1.65. The second-order valence-electron chi connectivity index (χ2n) is 5.43. The third-order valence-corrected chi connectivity index (χ3v) is 3.61. The molecule has 0 fully saturated rings. The molecule has 0 aliphatic rings. The van der Waals surface area contributed by atoms with E-state index in [-0.39, 0.29) is 12.4 Å². The molecular weight excluding hydrogens is 269 g/mol. The summed E-state index contributed by atoms with van der Waals surface area (Å²) in [4.78, 5) is 0. The fraction of sp³-hybridized carbons (Fsp3) is 0.412. The van der Waals surface area contributed by atoms with Crippen molar-refractivity contribution in [1.29, 1.82) is 0 Å². The van der Waals surface area contributed by atoms with Gasteiger partial charge in [-0.1, -0.05) is 19.1 Å². The Kier molecular flexibility index (Phi) is 5.53. The zero-order chi connectivity index (χ0) is 15.2. The van der Waals surface area contributed by atoms with Crippen molar-refractivity contribution >= 4 is 0 Å². The van der Waals surface area contributed by atoms with Gasteiger partial charge in [0.05, 0.1) is 6.54 Å². The van der Waals surface area contributed by atoms with E-state index in [0.717, 1.165) is 24.3 Å². The summed E-state index contributed by atoms with van der Waals surface area (Å²) >= 11 is 0. The van der Waals surface area contributed by atoms with Crippen LogP contribution in [0.2, 0.25) is 0 Å². The van der Waals surface area contributed by atoms with Gasteiger partial charge in [0.15, 0.2) is 0 Å². The molecule has 0 bridgehead atoms. The molecule has 1 aromatic carbocycles. The van der Waals surface area contributed by atoms with E-state index in [1.54, 1.807) is 13.0 Å². The van der Waals surface area contributed by atoms with Gasteiger partial charge in [0.1, 0.15) is 17.3 Å². The summed E-state index contributed by atoms with van der Waals surface area (Å²) in [5.74, 6) is 1.72. The van der Waals surface area contributed by atoms with Crippen LogP contribution in [0.4, 0.5) is 4.39 Å². The van der Waals surface area contributed by atoms with Crippen LogP contribution in [0.15, 0.2) is 34.7 Å². The highest BCUT2D eigenvalue weighted by Gasteiger charge is 2.10. The summed E-state index contributed by atoms with van der Waals surface area (Å²) < 4.78 is 19.3. The molecule has 0 spiro atoms. The minimum atomic E-state index is -0.221. The van der Waals surface area contributed by atoms with Gasteiger partial charge in [0.2, 0.25) is 0 Å². The van der Waals surface area contributed by atoms with Crippen LogP contribution < -0.4 is 5.32 Å². The maximum Gasteiger partial charge on any atom is 0.134 e. The summed E-state index contributed by atoms with van der Waals surface area (Å²) in [7, 11) is 0. The molecule has 21 heavy (non-hydrogen) atoms. The van der Waals surface area contributed by atoms with Crippen LogP contribution in [0, 0.1) is 18.7 Å². The van der Waals surface area contributed by atoms with Gasteiger partial charge < -0.3 is 14.8 Å². The first-order valence-corrected chi connectivity index (χ1v) is 7.27. The Balaban J connectivity index is 1.97. The second-order valence-corrected chi connectivity index (χ2v) is 5.43. The van der Waals surface area contributed by atoms with Crippen LogP contribution in [-0.4, -0.2) is 18.3 Å². The molecule has 2 N–H and O–H groups in total. The molecule has 0 saturated carbocycles. The Morgan fingerprint density at radius 1 is 1.29 bits per heavy atom. The van der Waals surface area contributed by atoms with Crippen molar-refractivity contribution in [3.05, 3.63) is 47.5 Å². The molecule has 2 rings (SSSR count). The molecule has 1 aromatic heterocycles. The minimum absolute atomic E-state index is 0.215. The van der Waals surface area contributed by atoms with Gasteiger partial charge in [-0.15, -0.1) is 0 Å². The van der Waals surface area contributed by atoms with E-state index >= 15 is 0 Å². The van der Waals surface area contributed by atoms with Crippen molar-refractivity contribution in [3.63, 3.8) is 0 Å². The van der Waals surface area contributed by atoms with E-state index in [9.17, 15) is 4.39 Å². The lowest BCUT2D eigenvalue weighted by molar-refractivity contribution is 0.259. The first kappa shape index (κ1) is 15.7. The molecule has 3 nitrogen and oxygen atoms in total. The lowest BCUT2D eigenvalue weighted by Gasteiger charge is -2.09. The minimum Gasteiger partial charge on any atom is -0.460 e. The van der Waals surface area contributed by atoms with Gasteiger partial charge in [0, 0.05) is 12.2 Å². The van der Waals surface area contributed by atoms with Crippen molar-refractivity contribution in [1.82, 2.24) is 5.32 Å². The van der Waals surface area contributed by atoms with Gasteiger partial charge in [-0.2, -0.15) is 0 Å². The average Bonchev–Trinajstić information content (AvgIpc) is 2.91. The highest BCUT2D eigenvalue weighted by atomic mass is 19.1. The zero-order valence-corrected chi connectivity index (χ0v) is 12.5. The van der Waals surface area contributed by atoms with E-state index in [1.165, 1.54) is 6.07 Å². The maximum atomic E-state index is 13.6. The standard InChI is InChI=1S/C17H22FNO2/c1-12(8-9-20)10-19-11-14-6-7-17(21-14)15-4-3-5-16(18)13(15)2/h3-7,12,19-20H,8-11H2,1-2H3/t12-/m1/s1. The molecule has 0 radical (unpaired) electrons. The molecule has 0 unspecified atom stereocenters. The van der Waals surface area contributed by atoms with Gasteiger partial charge in [-0.25, -0.2) is 4.39 Å². The second kappa shape index (κ2) is 7.38. The number of benzene rings is 1. The fourth-order valence-electron chi connectivity index (χ4n) is 2.26. The highest BCUT2D eigenvalue weighted by Crippen LogP contribution is 2.26. The third-order valence-electron chi connectivity index (χ3n) is 3.61. The third kappa shape index (κ3) is 4.16. The molecule has 1 heterocycles. The van der Waals surface area contributed by atoms with Crippen LogP contribution in [0.25, 0.3) is 11.3 Å². The van der Waals surface area contributed by atoms with Crippen LogP contribution in [-0.2, 0) is 6.54 Å². The van der Waals surface area contributed by atoms with Crippen molar-refractivity contribution in [3.8, 4) is 11.3 Å². The molecular formula is C17H22FNO2. The summed E-state index contributed by atoms with van der Waals surface area (Å²) in [5, 5.41) is 12.2. The van der Waals surface area contributed by atoms with Crippen LogP contribution in [0.1, 0.15) is 24.7 Å². The predicted octanol–water partition coefficient (Wildman–Crippen LogP) is 3.50. The van der Waals surface area contributed by atoms with Crippen LogP contribution >= 0.6 is 0 Å². The van der Waals surface area contributed by atoms with Crippen molar-refractivity contribution < 1.29 is 13.9 Å². The number of nitrogens with one attached hydrogen (secondary N) is 1. The number of furan rings is 1. The zero-order valence-electron chi connectivity index (χ0n) is 12.5. The molecule has 0 aliphatic heterocycles. The number of aliphatic hydroxyl groups excluding tert-OH is 1. The highest BCUT2D eigenvalue weighted by molar-refractivity contribution is 5.62. The van der Waals surface area contributed by atoms with E-state index in [0.29, 0.717) is 23.8 Å². The number of hydrogen-bond acceptors (Lipinski definition) is 3. The molecule has 1 atom stereocenters. The van der Waals surface area contributed by atoms with E-state index in [4.69, 9.17) is 9.52 Å². The lowest BCUT2D eigenvalue weighted by Crippen LogP contribution is -2.21. The summed E-state index contributed by atoms with van der Waals surface area (Å²) in [6.45, 7) is 5.51. The molecule has 0 amide bonds. The Bertz CT molecular complexity index is 580. The SMILES string of the molecule is Cc1c(F)cccc1-c1ccc(CNC[C@H](C)CCO)o1. The monoisotopic (exact) mass is 291 g/mol. The molecule has 0 saturated heterocycles. The van der Waals surface area contributed by atoms with Crippen molar-refractivity contribution in [2.24, 2.45) is 5.92 Å². The van der Waals surface area contributed by atoms with Gasteiger partial charge >= 0.3 is 0 Å². The lowest BCUT2D eigenvalue weighted by atomic mass is 10.1. The first-order chi connectivity index (χ1) is 10.1. The number of halogens is 1. The van der Waals surface area contributed by atoms with E-state index < -0.39 is 0 Å². The molecule has 2 aromatic rings. The van der Waals surface area contributed by atoms with Crippen LogP contribution in [0.3, 0.4) is 0 Å². The van der Waals surface area contributed by atoms with Gasteiger partial charge in [0.25, 0.3) is 0 Å². The van der Waals surface area contributed by atoms with E-state index in [2.05, 4.69) is 12.2 Å².